The van der Waals surface area contributed by atoms with Crippen molar-refractivity contribution in [1.29, 1.82) is 0 Å². The summed E-state index contributed by atoms with van der Waals surface area (Å²) in [4.78, 5) is 49.3. The van der Waals surface area contributed by atoms with Gasteiger partial charge in [-0.3, -0.25) is 14.4 Å². The smallest absolute Gasteiger partial charge is 0.313 e. The summed E-state index contributed by atoms with van der Waals surface area (Å²) in [5.41, 5.74) is 4.05. The van der Waals surface area contributed by atoms with E-state index in [-0.39, 0.29) is 40.5 Å². The number of hydrogen-bond acceptors (Lipinski definition) is 14. The molecule has 4 N–H and O–H groups in total. The van der Waals surface area contributed by atoms with E-state index in [9.17, 15) is 23.9 Å². The van der Waals surface area contributed by atoms with Gasteiger partial charge in [-0.05, 0) is 34.7 Å². The molecule has 2 aliphatic heterocycles. The fraction of sp³-hybridized carbons (Fsp3) is 0.318. The molecule has 2 saturated heterocycles. The molecule has 15 nitrogen and oxygen atoms in total. The zero-order valence-corrected chi connectivity index (χ0v) is 23.4. The minimum absolute atomic E-state index is 0.0555. The number of halogens is 1. The average molecular weight is 621 g/mol. The van der Waals surface area contributed by atoms with E-state index in [1.54, 1.807) is 6.08 Å². The van der Waals surface area contributed by atoms with Gasteiger partial charge in [0.15, 0.2) is 10.9 Å². The molecule has 0 radical (unpaired) electrons. The second kappa shape index (κ2) is 11.8. The number of carbonyl (C=O) groups is 3. The molecule has 5 rings (SSSR count). The summed E-state index contributed by atoms with van der Waals surface area (Å²) in [6, 6.07) is 4.00. The lowest BCUT2D eigenvalue weighted by Crippen LogP contribution is -2.74. The number of aliphatic carboxylic acids is 1. The highest BCUT2D eigenvalue weighted by molar-refractivity contribution is 8.00. The monoisotopic (exact) mass is 620 g/mol. The van der Waals surface area contributed by atoms with E-state index in [2.05, 4.69) is 41.9 Å². The molecule has 19 heteroatoms. The minimum atomic E-state index is -1.26. The molecule has 214 valence electrons. The maximum Gasteiger partial charge on any atom is 0.313 e. The number of benzene rings is 1. The van der Waals surface area contributed by atoms with Crippen LogP contribution < -0.4 is 15.9 Å². The second-order valence-corrected chi connectivity index (χ2v) is 11.7. The number of aromatic nitrogens is 6. The lowest BCUT2D eigenvalue weighted by molar-refractivity contribution is -0.157. The Hall–Kier alpha value is -4.10. The Morgan fingerprint density at radius 1 is 1.39 bits per heavy atom. The van der Waals surface area contributed by atoms with Crippen molar-refractivity contribution in [3.8, 4) is 5.75 Å². The van der Waals surface area contributed by atoms with E-state index in [1.165, 1.54) is 45.2 Å². The van der Waals surface area contributed by atoms with Gasteiger partial charge in [-0.15, -0.1) is 23.4 Å². The quantitative estimate of drug-likeness (QED) is 0.0878. The number of tetrazole rings is 1. The third-order valence-corrected chi connectivity index (χ3v) is 9.47. The number of allylic oxidation sites excluding steroid dienone is 1. The van der Waals surface area contributed by atoms with Crippen LogP contribution in [-0.4, -0.2) is 92.5 Å². The molecule has 0 aliphatic carbocycles. The summed E-state index contributed by atoms with van der Waals surface area (Å²) < 4.78 is 18.7. The molecule has 2 amide bonds. The average Bonchev–Trinajstić information content (AvgIpc) is 3.60. The van der Waals surface area contributed by atoms with Crippen molar-refractivity contribution in [3.63, 3.8) is 0 Å². The number of anilines is 1. The van der Waals surface area contributed by atoms with Crippen molar-refractivity contribution < 1.29 is 28.7 Å². The van der Waals surface area contributed by atoms with Crippen LogP contribution in [0.1, 0.15) is 5.82 Å². The first kappa shape index (κ1) is 28.4. The van der Waals surface area contributed by atoms with Crippen LogP contribution in [-0.2, 0) is 20.9 Å². The number of nitrogens with two attached hydrogens (primary N) is 1. The summed E-state index contributed by atoms with van der Waals surface area (Å²) in [6.07, 6.45) is 1.62. The Morgan fingerprint density at radius 2 is 2.17 bits per heavy atom. The number of carboxylic acid groups (broad SMARTS) is 1. The number of nitrogen functional groups attached to an aromatic ring is 1. The minimum Gasteiger partial charge on any atom is -0.481 e. The predicted octanol–water partition coefficient (Wildman–Crippen LogP) is 0.478. The van der Waals surface area contributed by atoms with Gasteiger partial charge in [0, 0.05) is 29.6 Å². The predicted molar refractivity (Wildman–Crippen MR) is 147 cm³/mol. The van der Waals surface area contributed by atoms with Gasteiger partial charge in [0.1, 0.15) is 22.6 Å². The van der Waals surface area contributed by atoms with Crippen LogP contribution in [0.3, 0.4) is 0 Å². The van der Waals surface area contributed by atoms with Gasteiger partial charge in [-0.1, -0.05) is 23.0 Å². The topological polar surface area (TPSA) is 204 Å². The van der Waals surface area contributed by atoms with Crippen LogP contribution in [0.4, 0.5) is 9.52 Å². The summed E-state index contributed by atoms with van der Waals surface area (Å²) in [7, 11) is 0. The first-order chi connectivity index (χ1) is 19.7. The molecule has 3 aromatic rings. The molecular formula is C22H21FN10O5S3. The molecule has 2 aliphatic rings. The molecule has 1 aromatic carbocycles. The van der Waals surface area contributed by atoms with E-state index < -0.39 is 40.4 Å². The highest BCUT2D eigenvalue weighted by atomic mass is 32.2. The van der Waals surface area contributed by atoms with Crippen molar-refractivity contribution >= 4 is 63.7 Å². The summed E-state index contributed by atoms with van der Waals surface area (Å²) in [5.74, 6) is -2.46. The van der Waals surface area contributed by atoms with Gasteiger partial charge < -0.3 is 25.9 Å². The van der Waals surface area contributed by atoms with E-state index >= 15 is 0 Å². The number of rotatable bonds is 11. The van der Waals surface area contributed by atoms with Gasteiger partial charge in [-0.25, -0.2) is 9.07 Å². The number of oxime groups is 1. The first-order valence-electron chi connectivity index (χ1n) is 11.8. The van der Waals surface area contributed by atoms with Crippen molar-refractivity contribution in [2.45, 2.75) is 23.1 Å². The zero-order valence-electron chi connectivity index (χ0n) is 20.9. The Labute approximate surface area is 243 Å². The van der Waals surface area contributed by atoms with Gasteiger partial charge in [0.25, 0.3) is 5.91 Å². The third-order valence-electron chi connectivity index (χ3n) is 6.09. The normalized spacial score (nSPS) is 22.0. The van der Waals surface area contributed by atoms with Crippen molar-refractivity contribution in [2.24, 2.45) is 10.6 Å². The fourth-order valence-electron chi connectivity index (χ4n) is 3.96. The van der Waals surface area contributed by atoms with Crippen LogP contribution in [0, 0.1) is 11.2 Å². The van der Waals surface area contributed by atoms with Crippen molar-refractivity contribution in [3.05, 3.63) is 48.6 Å². The van der Waals surface area contributed by atoms with Crippen molar-refractivity contribution in [2.75, 3.05) is 23.8 Å². The molecule has 0 saturated carbocycles. The number of carbonyl (C=O) groups excluding carboxylic acids is 2. The Bertz CT molecular complexity index is 1520. The number of hydrogen-bond donors (Lipinski definition) is 3. The Kier molecular flexibility index (Phi) is 8.18. The van der Waals surface area contributed by atoms with E-state index in [0.717, 1.165) is 23.7 Å². The van der Waals surface area contributed by atoms with Crippen molar-refractivity contribution in [1.82, 2.24) is 39.8 Å². The van der Waals surface area contributed by atoms with Crippen LogP contribution >= 0.6 is 35.1 Å². The number of nitrogens with one attached hydrogen (secondary N) is 1. The zero-order chi connectivity index (χ0) is 29.1. The molecule has 0 bridgehead atoms. The maximum absolute atomic E-state index is 13.2. The maximum atomic E-state index is 13.2. The highest BCUT2D eigenvalue weighted by Crippen LogP contribution is 2.44. The lowest BCUT2D eigenvalue weighted by Gasteiger charge is -2.53. The number of β-lactam (4-membered cyclic amide) rings is 1. The summed E-state index contributed by atoms with van der Waals surface area (Å²) in [5, 5.41) is 28.0. The molecule has 2 unspecified atom stereocenters. The number of nitrogens with zero attached hydrogens (tertiary/aromatic N) is 8. The van der Waals surface area contributed by atoms with Crippen LogP contribution in [0.25, 0.3) is 0 Å². The van der Waals surface area contributed by atoms with E-state index in [4.69, 9.17) is 10.6 Å². The lowest BCUT2D eigenvalue weighted by atomic mass is 9.89. The molecule has 2 aromatic heterocycles. The first-order valence-corrected chi connectivity index (χ1v) is 14.6. The molecule has 0 spiro atoms. The third kappa shape index (κ3) is 5.86. The van der Waals surface area contributed by atoms with Gasteiger partial charge in [-0.2, -0.15) is 9.36 Å². The van der Waals surface area contributed by atoms with Gasteiger partial charge in [0.2, 0.25) is 22.6 Å². The highest BCUT2D eigenvalue weighted by Gasteiger charge is 2.57. The Morgan fingerprint density at radius 3 is 2.85 bits per heavy atom. The van der Waals surface area contributed by atoms with Crippen LogP contribution in [0.5, 0.6) is 5.75 Å². The molecule has 2 fully saturated rings. The molecular weight excluding hydrogens is 600 g/mol. The molecule has 4 heterocycles. The van der Waals surface area contributed by atoms with E-state index in [0.29, 0.717) is 11.7 Å². The summed E-state index contributed by atoms with van der Waals surface area (Å²) in [6.45, 7) is 3.96. The Balaban J connectivity index is 1.27. The van der Waals surface area contributed by atoms with Gasteiger partial charge in [0.05, 0.1) is 6.54 Å². The standard InChI is InChI=1S/C22H21FN10O5S3/c1-2-7-33-21(27-30-31-33)40-10-22(19(36)37)8-32-17(35)14(18(32)39-9-22)25-16(34)13(15-26-20(24)41-29-15)28-38-12-5-3-11(23)4-6-12/h2-6,14,18H,1,7-10H2,(H,25,34)(H,36,37)(H2,24,26,29)/t14?,18-,22?/m1/s1. The number of thioether (sulfide) groups is 2. The fourth-order valence-corrected chi connectivity index (χ4v) is 7.15. The van der Waals surface area contributed by atoms with Gasteiger partial charge >= 0.3 is 5.97 Å². The SMILES string of the molecule is C=CCn1nnnc1SCC1(C(=O)O)CS[C@@H]2C(NC(=O)C(=NOc3ccc(F)cc3)c3nsc(N)n3)C(=O)N2C1. The number of carboxylic acids is 1. The van der Waals surface area contributed by atoms with Crippen LogP contribution in [0.2, 0.25) is 0 Å². The molecule has 3 atom stereocenters. The van der Waals surface area contributed by atoms with E-state index in [1.807, 2.05) is 0 Å². The largest absolute Gasteiger partial charge is 0.481 e. The number of amides is 2. The summed E-state index contributed by atoms with van der Waals surface area (Å²) >= 11 is 3.26. The molecule has 41 heavy (non-hydrogen) atoms. The number of fused-ring (bicyclic) bond motifs is 1. The van der Waals surface area contributed by atoms with Crippen LogP contribution in [0.15, 0.2) is 47.2 Å². The second-order valence-electron chi connectivity index (χ2n) is 8.87.